The maximum atomic E-state index is 11.8. The molecule has 0 aliphatic heterocycles. The minimum Gasteiger partial charge on any atom is -0.229 e. The molecule has 0 atom stereocenters. The topological polar surface area (TPSA) is 102 Å². The first kappa shape index (κ1) is 16.4. The first-order chi connectivity index (χ1) is 8.42. The van der Waals surface area contributed by atoms with Gasteiger partial charge in [-0.15, -0.1) is 0 Å². The number of halogens is 1. The lowest BCUT2D eigenvalue weighted by Gasteiger charge is -2.04. The molecular weight excluding hydrogens is 336 g/mol. The summed E-state index contributed by atoms with van der Waals surface area (Å²) >= 11 is 0. The van der Waals surface area contributed by atoms with Crippen molar-refractivity contribution < 1.29 is 25.3 Å². The fourth-order valence-electron chi connectivity index (χ4n) is 1.19. The van der Waals surface area contributed by atoms with Crippen LogP contribution in [0.4, 0.5) is 0 Å². The van der Waals surface area contributed by atoms with Gasteiger partial charge in [-0.1, -0.05) is 0 Å². The van der Waals surface area contributed by atoms with Crippen molar-refractivity contribution in [3.63, 3.8) is 0 Å². The Morgan fingerprint density at radius 1 is 0.842 bits per heavy atom. The molecule has 19 heavy (non-hydrogen) atoms. The monoisotopic (exact) mass is 346 g/mol. The standard InChI is InChI=1S/C9H11ClO6S3/c1-17(11,12)6-7-18(13,14)8-2-4-9(5-3-8)19(10,15)16/h2-5H,6-7H2,1H3. The zero-order chi connectivity index (χ0) is 14.9. The molecule has 0 aliphatic carbocycles. The van der Waals surface area contributed by atoms with E-state index < -0.39 is 40.2 Å². The van der Waals surface area contributed by atoms with Crippen LogP contribution in [-0.2, 0) is 28.7 Å². The van der Waals surface area contributed by atoms with Crippen LogP contribution in [0.3, 0.4) is 0 Å². The second kappa shape index (κ2) is 5.39. The third kappa shape index (κ3) is 5.09. The van der Waals surface area contributed by atoms with Crippen LogP contribution in [0, 0.1) is 0 Å². The van der Waals surface area contributed by atoms with Crippen molar-refractivity contribution in [2.45, 2.75) is 9.79 Å². The van der Waals surface area contributed by atoms with Gasteiger partial charge in [0.1, 0.15) is 9.84 Å². The van der Waals surface area contributed by atoms with Gasteiger partial charge in [-0.05, 0) is 24.3 Å². The zero-order valence-corrected chi connectivity index (χ0v) is 13.0. The quantitative estimate of drug-likeness (QED) is 0.716. The van der Waals surface area contributed by atoms with Gasteiger partial charge in [-0.3, -0.25) is 0 Å². The van der Waals surface area contributed by atoms with Gasteiger partial charge in [0.25, 0.3) is 9.05 Å². The number of rotatable bonds is 5. The van der Waals surface area contributed by atoms with Crippen LogP contribution in [0.2, 0.25) is 0 Å². The maximum absolute atomic E-state index is 11.8. The summed E-state index contributed by atoms with van der Waals surface area (Å²) in [5.74, 6) is -1.05. The zero-order valence-electron chi connectivity index (χ0n) is 9.78. The molecule has 0 spiro atoms. The van der Waals surface area contributed by atoms with Crippen molar-refractivity contribution in [2.75, 3.05) is 17.8 Å². The molecule has 0 fully saturated rings. The molecule has 108 valence electrons. The van der Waals surface area contributed by atoms with Crippen molar-refractivity contribution in [3.05, 3.63) is 24.3 Å². The molecular formula is C9H11ClO6S3. The summed E-state index contributed by atoms with van der Waals surface area (Å²) in [4.78, 5) is -0.378. The summed E-state index contributed by atoms with van der Waals surface area (Å²) in [6, 6.07) is 4.26. The van der Waals surface area contributed by atoms with Gasteiger partial charge in [0.15, 0.2) is 9.84 Å². The highest BCUT2D eigenvalue weighted by Gasteiger charge is 2.18. The van der Waals surface area contributed by atoms with Crippen LogP contribution >= 0.6 is 10.7 Å². The van der Waals surface area contributed by atoms with E-state index in [1.165, 1.54) is 0 Å². The molecule has 0 aliphatic rings. The smallest absolute Gasteiger partial charge is 0.229 e. The Morgan fingerprint density at radius 3 is 1.63 bits per heavy atom. The minimum atomic E-state index is -3.92. The second-order valence-corrected chi connectivity index (χ2v) is 10.8. The van der Waals surface area contributed by atoms with Crippen molar-refractivity contribution in [2.24, 2.45) is 0 Å². The lowest BCUT2D eigenvalue weighted by Crippen LogP contribution is -2.16. The fraction of sp³-hybridized carbons (Fsp3) is 0.333. The summed E-state index contributed by atoms with van der Waals surface area (Å²) < 4.78 is 67.4. The van der Waals surface area contributed by atoms with Crippen LogP contribution < -0.4 is 0 Å². The molecule has 1 rings (SSSR count). The highest BCUT2D eigenvalue weighted by atomic mass is 35.7. The molecule has 0 saturated heterocycles. The van der Waals surface area contributed by atoms with Gasteiger partial charge in [0, 0.05) is 16.9 Å². The van der Waals surface area contributed by atoms with Gasteiger partial charge < -0.3 is 0 Å². The molecule has 1 aromatic carbocycles. The molecule has 0 heterocycles. The van der Waals surface area contributed by atoms with E-state index in [9.17, 15) is 25.3 Å². The SMILES string of the molecule is CS(=O)(=O)CCS(=O)(=O)c1ccc(S(=O)(=O)Cl)cc1. The molecule has 0 radical (unpaired) electrons. The van der Waals surface area contributed by atoms with Crippen molar-refractivity contribution in [1.29, 1.82) is 0 Å². The summed E-state index contributed by atoms with van der Waals surface area (Å²) in [6.07, 6.45) is 0.936. The van der Waals surface area contributed by atoms with Crippen LogP contribution in [0.25, 0.3) is 0 Å². The largest absolute Gasteiger partial charge is 0.261 e. The van der Waals surface area contributed by atoms with Crippen LogP contribution in [-0.4, -0.2) is 43.0 Å². The fourth-order valence-corrected chi connectivity index (χ4v) is 4.83. The highest BCUT2D eigenvalue weighted by molar-refractivity contribution is 8.13. The van der Waals surface area contributed by atoms with Crippen molar-refractivity contribution >= 4 is 39.4 Å². The third-order valence-corrected chi connectivity index (χ3v) is 6.49. The minimum absolute atomic E-state index is 0.153. The van der Waals surface area contributed by atoms with E-state index >= 15 is 0 Å². The molecule has 0 aromatic heterocycles. The van der Waals surface area contributed by atoms with E-state index in [1.807, 2.05) is 0 Å². The van der Waals surface area contributed by atoms with E-state index in [4.69, 9.17) is 10.7 Å². The lowest BCUT2D eigenvalue weighted by atomic mass is 10.4. The number of hydrogen-bond acceptors (Lipinski definition) is 6. The Labute approximate surface area is 116 Å². The average molecular weight is 347 g/mol. The molecule has 0 saturated carbocycles. The van der Waals surface area contributed by atoms with Gasteiger partial charge in [0.05, 0.1) is 21.3 Å². The van der Waals surface area contributed by atoms with Crippen LogP contribution in [0.1, 0.15) is 0 Å². The van der Waals surface area contributed by atoms with E-state index in [2.05, 4.69) is 0 Å². The molecule has 0 N–H and O–H groups in total. The molecule has 0 unspecified atom stereocenters. The predicted molar refractivity (Wildman–Crippen MR) is 71.2 cm³/mol. The number of benzene rings is 1. The average Bonchev–Trinajstić information content (AvgIpc) is 2.25. The normalized spacial score (nSPS) is 13.4. The van der Waals surface area contributed by atoms with E-state index in [1.54, 1.807) is 0 Å². The number of hydrogen-bond donors (Lipinski definition) is 0. The van der Waals surface area contributed by atoms with Gasteiger partial charge >= 0.3 is 0 Å². The van der Waals surface area contributed by atoms with E-state index in [0.717, 1.165) is 30.5 Å². The molecule has 10 heteroatoms. The Kier molecular flexibility index (Phi) is 4.66. The third-order valence-electron chi connectivity index (χ3n) is 2.19. The van der Waals surface area contributed by atoms with Crippen molar-refractivity contribution in [3.8, 4) is 0 Å². The lowest BCUT2D eigenvalue weighted by molar-refractivity contribution is 0.590. The van der Waals surface area contributed by atoms with Gasteiger partial charge in [-0.25, -0.2) is 25.3 Å². The molecule has 1 aromatic rings. The summed E-state index contributed by atoms with van der Waals surface area (Å²) in [6.45, 7) is 0. The molecule has 0 bridgehead atoms. The van der Waals surface area contributed by atoms with Crippen LogP contribution in [0.15, 0.2) is 34.1 Å². The van der Waals surface area contributed by atoms with Gasteiger partial charge in [0.2, 0.25) is 0 Å². The molecule has 0 amide bonds. The highest BCUT2D eigenvalue weighted by Crippen LogP contribution is 2.18. The Bertz CT molecular complexity index is 760. The van der Waals surface area contributed by atoms with Gasteiger partial charge in [-0.2, -0.15) is 0 Å². The first-order valence-electron chi connectivity index (χ1n) is 4.87. The summed E-state index contributed by atoms with van der Waals surface area (Å²) in [7, 11) is -6.00. The number of sulfone groups is 2. The van der Waals surface area contributed by atoms with Crippen molar-refractivity contribution in [1.82, 2.24) is 0 Å². The van der Waals surface area contributed by atoms with E-state index in [0.29, 0.717) is 0 Å². The summed E-state index contributed by atoms with van der Waals surface area (Å²) in [5.41, 5.74) is 0. The maximum Gasteiger partial charge on any atom is 0.261 e. The Morgan fingerprint density at radius 2 is 1.26 bits per heavy atom. The second-order valence-electron chi connectivity index (χ2n) is 3.86. The molecule has 6 nitrogen and oxygen atoms in total. The van der Waals surface area contributed by atoms with Crippen LogP contribution in [0.5, 0.6) is 0 Å². The predicted octanol–water partition coefficient (Wildman–Crippen LogP) is 0.432. The first-order valence-corrected chi connectivity index (χ1v) is 10.9. The summed E-state index contributed by atoms with van der Waals surface area (Å²) in [5, 5.41) is 0. The van der Waals surface area contributed by atoms with E-state index in [-0.39, 0.29) is 9.79 Å². The Hall–Kier alpha value is -0.640. The Balaban J connectivity index is 3.04.